The number of Topliss-reactive ketones (excluding diaryl/α,β-unsaturated/α-hetero) is 3. The van der Waals surface area contributed by atoms with Crippen molar-refractivity contribution in [2.24, 2.45) is 0 Å². The molecule has 2 amide bonds. The van der Waals surface area contributed by atoms with Gasteiger partial charge in [-0.1, -0.05) is 20.8 Å². The Hall–Kier alpha value is -1.12. The van der Waals surface area contributed by atoms with Gasteiger partial charge in [0.25, 0.3) is 0 Å². The molecule has 3 N–H and O–H groups in total. The van der Waals surface area contributed by atoms with Crippen LogP contribution in [0.5, 0.6) is 0 Å². The topological polar surface area (TPSA) is 121 Å². The van der Waals surface area contributed by atoms with Crippen LogP contribution in [0.2, 0.25) is 0 Å². The minimum Gasteiger partial charge on any atom is -0.353 e. The van der Waals surface area contributed by atoms with E-state index in [0.717, 1.165) is 6.42 Å². The fraction of sp³-hybridized carbons (Fsp3) is 0.714. The van der Waals surface area contributed by atoms with E-state index in [4.69, 9.17) is 0 Å². The zero-order valence-corrected chi connectivity index (χ0v) is 21.6. The molecule has 0 saturated carbocycles. The van der Waals surface area contributed by atoms with Gasteiger partial charge in [-0.2, -0.15) is 0 Å². The van der Waals surface area contributed by atoms with Gasteiger partial charge < -0.3 is 27.7 Å². The van der Waals surface area contributed by atoms with Crippen molar-refractivity contribution >= 4 is 29.2 Å². The van der Waals surface area contributed by atoms with Crippen LogP contribution in [0, 0.1) is 6.92 Å². The Morgan fingerprint density at radius 1 is 0.700 bits per heavy atom. The molecule has 8 nitrogen and oxygen atoms in total. The first-order valence-electron chi connectivity index (χ1n) is 10.3. The van der Waals surface area contributed by atoms with Crippen molar-refractivity contribution < 1.29 is 56.7 Å². The number of hydrogen-bond donors (Lipinski definition) is 3. The Labute approximate surface area is 205 Å². The SMILES string of the molecule is [CH2-]C(=O)CC(CC(=O)CC)NC(=O)CC(CC(=O)CC)NC(=O)CC(CC)NC.[Y+3]. The van der Waals surface area contributed by atoms with E-state index < -0.39 is 18.0 Å². The summed E-state index contributed by atoms with van der Waals surface area (Å²) >= 11 is 0. The molecule has 9 heteroatoms. The van der Waals surface area contributed by atoms with Crippen LogP contribution in [0.3, 0.4) is 0 Å². The number of hydrogen-bond acceptors (Lipinski definition) is 6. The molecule has 0 aromatic carbocycles. The molecule has 0 aliphatic carbocycles. The summed E-state index contributed by atoms with van der Waals surface area (Å²) in [6.45, 7) is 8.70. The summed E-state index contributed by atoms with van der Waals surface area (Å²) in [6.07, 6.45) is 1.60. The molecule has 0 radical (unpaired) electrons. The molecule has 3 atom stereocenters. The van der Waals surface area contributed by atoms with E-state index in [-0.39, 0.29) is 94.1 Å². The van der Waals surface area contributed by atoms with Crippen LogP contribution >= 0.6 is 0 Å². The van der Waals surface area contributed by atoms with Crippen molar-refractivity contribution in [3.05, 3.63) is 6.92 Å². The summed E-state index contributed by atoms with van der Waals surface area (Å²) in [5.74, 6) is -1.16. The summed E-state index contributed by atoms with van der Waals surface area (Å²) < 4.78 is 0. The Morgan fingerprint density at radius 2 is 1.10 bits per heavy atom. The van der Waals surface area contributed by atoms with Crippen LogP contribution < -0.4 is 16.0 Å². The molecule has 0 spiro atoms. The molecule has 0 aliphatic rings. The summed E-state index contributed by atoms with van der Waals surface area (Å²) in [6, 6.07) is -1.26. The van der Waals surface area contributed by atoms with Crippen LogP contribution in [-0.4, -0.2) is 54.3 Å². The predicted octanol–water partition coefficient (Wildman–Crippen LogP) is 1.26. The standard InChI is InChI=1S/C21H36N3O5.Y/c1-6-15(22-5)12-20(28)24-17(11-19(27)8-3)13-21(29)23-16(9-14(4)25)10-18(26)7-2;/h15-17,22H,4,6-13H2,1-3,5H3,(H,23,29)(H,24,28);/q-1;+3. The molecule has 166 valence electrons. The molecule has 0 aromatic rings. The molecular formula is C21H36N3O5Y+2. The average Bonchev–Trinajstić information content (AvgIpc) is 2.64. The van der Waals surface area contributed by atoms with Gasteiger partial charge in [0.15, 0.2) is 0 Å². The minimum atomic E-state index is -0.637. The van der Waals surface area contributed by atoms with E-state index in [2.05, 4.69) is 22.9 Å². The molecular weight excluding hydrogens is 463 g/mol. The number of carbonyl (C=O) groups excluding carboxylic acids is 5. The molecule has 0 rings (SSSR count). The van der Waals surface area contributed by atoms with Crippen molar-refractivity contribution in [2.75, 3.05) is 7.05 Å². The van der Waals surface area contributed by atoms with Crippen molar-refractivity contribution in [1.82, 2.24) is 16.0 Å². The Morgan fingerprint density at radius 3 is 1.43 bits per heavy atom. The molecule has 0 saturated heterocycles. The van der Waals surface area contributed by atoms with E-state index in [1.807, 2.05) is 6.92 Å². The number of ketones is 3. The number of rotatable bonds is 16. The van der Waals surface area contributed by atoms with Crippen molar-refractivity contribution in [2.45, 2.75) is 90.3 Å². The Bertz CT molecular complexity index is 579. The normalized spacial score (nSPS) is 13.3. The van der Waals surface area contributed by atoms with Gasteiger partial charge in [0.05, 0.1) is 0 Å². The summed E-state index contributed by atoms with van der Waals surface area (Å²) in [5.41, 5.74) is 0. The van der Waals surface area contributed by atoms with Crippen molar-refractivity contribution in [3.63, 3.8) is 0 Å². The molecule has 0 fully saturated rings. The van der Waals surface area contributed by atoms with Crippen molar-refractivity contribution in [3.8, 4) is 0 Å². The molecule has 0 bridgehead atoms. The van der Waals surface area contributed by atoms with Gasteiger partial charge in [0.2, 0.25) is 11.8 Å². The smallest absolute Gasteiger partial charge is 0.353 e. The summed E-state index contributed by atoms with van der Waals surface area (Å²) in [7, 11) is 1.77. The van der Waals surface area contributed by atoms with Gasteiger partial charge in [-0.15, -0.1) is 0 Å². The van der Waals surface area contributed by atoms with E-state index in [1.165, 1.54) is 0 Å². The zero-order valence-electron chi connectivity index (χ0n) is 18.7. The maximum atomic E-state index is 12.5. The number of carbonyl (C=O) groups is 5. The van der Waals surface area contributed by atoms with Gasteiger partial charge in [-0.3, -0.25) is 19.2 Å². The number of nitrogens with one attached hydrogen (secondary N) is 3. The maximum absolute atomic E-state index is 12.5. The third kappa shape index (κ3) is 14.8. The second-order valence-electron chi connectivity index (χ2n) is 7.27. The van der Waals surface area contributed by atoms with Gasteiger partial charge in [0.1, 0.15) is 11.6 Å². The average molecular weight is 499 g/mol. The fourth-order valence-electron chi connectivity index (χ4n) is 2.93. The van der Waals surface area contributed by atoms with Crippen LogP contribution in [0.4, 0.5) is 0 Å². The Kier molecular flexibility index (Phi) is 18.2. The van der Waals surface area contributed by atoms with Crippen LogP contribution in [0.15, 0.2) is 0 Å². The largest absolute Gasteiger partial charge is 3.00 e. The second-order valence-corrected chi connectivity index (χ2v) is 7.27. The van der Waals surface area contributed by atoms with Crippen LogP contribution in [0.1, 0.15) is 72.1 Å². The first-order valence-corrected chi connectivity index (χ1v) is 10.3. The quantitative estimate of drug-likeness (QED) is 0.275. The first-order chi connectivity index (χ1) is 13.6. The molecule has 30 heavy (non-hydrogen) atoms. The van der Waals surface area contributed by atoms with E-state index in [1.54, 1.807) is 20.9 Å². The zero-order chi connectivity index (χ0) is 22.4. The monoisotopic (exact) mass is 499 g/mol. The van der Waals surface area contributed by atoms with Gasteiger partial charge in [0, 0.05) is 56.7 Å². The van der Waals surface area contributed by atoms with Crippen LogP contribution in [0.25, 0.3) is 0 Å². The first kappa shape index (κ1) is 31.1. The van der Waals surface area contributed by atoms with E-state index in [0.29, 0.717) is 12.8 Å². The van der Waals surface area contributed by atoms with Gasteiger partial charge in [-0.25, -0.2) is 0 Å². The number of amides is 2. The minimum absolute atomic E-state index is 0. The molecule has 0 heterocycles. The molecule has 3 unspecified atom stereocenters. The summed E-state index contributed by atoms with van der Waals surface area (Å²) in [4.78, 5) is 59.7. The van der Waals surface area contributed by atoms with Gasteiger partial charge >= 0.3 is 32.7 Å². The maximum Gasteiger partial charge on any atom is 3.00 e. The Balaban J connectivity index is 0. The second kappa shape index (κ2) is 17.6. The van der Waals surface area contributed by atoms with Crippen molar-refractivity contribution in [1.29, 1.82) is 0 Å². The van der Waals surface area contributed by atoms with E-state index in [9.17, 15) is 24.0 Å². The fourth-order valence-corrected chi connectivity index (χ4v) is 2.93. The van der Waals surface area contributed by atoms with Gasteiger partial charge in [-0.05, 0) is 25.7 Å². The third-order valence-electron chi connectivity index (χ3n) is 4.71. The van der Waals surface area contributed by atoms with E-state index >= 15 is 0 Å². The molecule has 0 aliphatic heterocycles. The molecule has 0 aromatic heterocycles. The third-order valence-corrected chi connectivity index (χ3v) is 4.71. The van der Waals surface area contributed by atoms with Crippen LogP contribution in [-0.2, 0) is 56.7 Å². The predicted molar refractivity (Wildman–Crippen MR) is 111 cm³/mol. The summed E-state index contributed by atoms with van der Waals surface area (Å²) in [5, 5.41) is 8.49.